The van der Waals surface area contributed by atoms with Crippen LogP contribution in [0.3, 0.4) is 0 Å². The lowest BCUT2D eigenvalue weighted by Crippen LogP contribution is -2.35. The summed E-state index contributed by atoms with van der Waals surface area (Å²) in [5, 5.41) is 13.3. The number of nitrogens with one attached hydrogen (secondary N) is 1. The smallest absolute Gasteiger partial charge is 0.134 e. The molecule has 0 aliphatic carbocycles. The van der Waals surface area contributed by atoms with Crippen LogP contribution in [-0.2, 0) is 6.54 Å². The highest BCUT2D eigenvalue weighted by atomic mass is 35.5. The first kappa shape index (κ1) is 14.6. The minimum atomic E-state index is 0.159. The molecule has 3 nitrogen and oxygen atoms in total. The van der Waals surface area contributed by atoms with Crippen LogP contribution in [0.15, 0.2) is 18.2 Å². The van der Waals surface area contributed by atoms with E-state index in [1.54, 1.807) is 6.07 Å². The molecule has 0 unspecified atom stereocenters. The van der Waals surface area contributed by atoms with E-state index in [0.29, 0.717) is 5.02 Å². The highest BCUT2D eigenvalue weighted by Crippen LogP contribution is 2.24. The molecule has 2 rings (SSSR count). The van der Waals surface area contributed by atoms with Gasteiger partial charge in [0.05, 0.1) is 5.02 Å². The van der Waals surface area contributed by atoms with Gasteiger partial charge in [-0.2, -0.15) is 0 Å². The molecule has 0 bridgehead atoms. The summed E-state index contributed by atoms with van der Waals surface area (Å²) in [5.41, 5.74) is 1.17. The summed E-state index contributed by atoms with van der Waals surface area (Å²) in [6, 6.07) is 5.49. The third-order valence-electron chi connectivity index (χ3n) is 3.84. The molecule has 1 heterocycles. The van der Waals surface area contributed by atoms with E-state index in [9.17, 15) is 5.11 Å². The molecule has 1 aliphatic rings. The Morgan fingerprint density at radius 3 is 2.74 bits per heavy atom. The molecule has 2 N–H and O–H groups in total. The normalized spacial score (nSPS) is 17.0. The molecule has 4 heteroatoms. The lowest BCUT2D eigenvalue weighted by Gasteiger charge is -2.29. The van der Waals surface area contributed by atoms with Crippen LogP contribution in [0.2, 0.25) is 5.02 Å². The SMILES string of the molecule is CCN(Cc1ccc(O)c(Cl)c1)CC1CCNCC1. The van der Waals surface area contributed by atoms with Gasteiger partial charge in [0, 0.05) is 13.1 Å². The number of hydrogen-bond acceptors (Lipinski definition) is 3. The molecule has 0 atom stereocenters. The molecule has 1 saturated heterocycles. The average Bonchev–Trinajstić information content (AvgIpc) is 2.43. The lowest BCUT2D eigenvalue weighted by atomic mass is 9.97. The van der Waals surface area contributed by atoms with Crippen LogP contribution in [0.4, 0.5) is 0 Å². The fourth-order valence-electron chi connectivity index (χ4n) is 2.64. The summed E-state index contributed by atoms with van der Waals surface area (Å²) < 4.78 is 0. The van der Waals surface area contributed by atoms with E-state index < -0.39 is 0 Å². The summed E-state index contributed by atoms with van der Waals surface area (Å²) in [6.07, 6.45) is 2.54. The Bertz CT molecular complexity index is 405. The third kappa shape index (κ3) is 4.37. The topological polar surface area (TPSA) is 35.5 Å². The Kier molecular flexibility index (Phi) is 5.49. The zero-order valence-corrected chi connectivity index (χ0v) is 12.3. The minimum Gasteiger partial charge on any atom is -0.506 e. The van der Waals surface area contributed by atoms with E-state index in [1.807, 2.05) is 12.1 Å². The first-order valence-corrected chi connectivity index (χ1v) is 7.47. The van der Waals surface area contributed by atoms with E-state index >= 15 is 0 Å². The van der Waals surface area contributed by atoms with Gasteiger partial charge in [0.2, 0.25) is 0 Å². The van der Waals surface area contributed by atoms with Crippen molar-refractivity contribution in [2.75, 3.05) is 26.2 Å². The van der Waals surface area contributed by atoms with Crippen LogP contribution >= 0.6 is 11.6 Å². The van der Waals surface area contributed by atoms with Gasteiger partial charge in [0.1, 0.15) is 5.75 Å². The maximum absolute atomic E-state index is 9.44. The van der Waals surface area contributed by atoms with Crippen molar-refractivity contribution in [3.8, 4) is 5.75 Å². The zero-order valence-electron chi connectivity index (χ0n) is 11.5. The van der Waals surface area contributed by atoms with Gasteiger partial charge in [-0.1, -0.05) is 24.6 Å². The van der Waals surface area contributed by atoms with Crippen molar-refractivity contribution < 1.29 is 5.11 Å². The summed E-state index contributed by atoms with van der Waals surface area (Å²) in [5.74, 6) is 0.959. The molecule has 1 aromatic carbocycles. The third-order valence-corrected chi connectivity index (χ3v) is 4.14. The second-order valence-electron chi connectivity index (χ2n) is 5.31. The Morgan fingerprint density at radius 2 is 2.11 bits per heavy atom. The van der Waals surface area contributed by atoms with Crippen LogP contribution in [0.1, 0.15) is 25.3 Å². The highest BCUT2D eigenvalue weighted by Gasteiger charge is 2.16. The zero-order chi connectivity index (χ0) is 13.7. The molecule has 1 aromatic rings. The van der Waals surface area contributed by atoms with Crippen LogP contribution in [-0.4, -0.2) is 36.2 Å². The predicted molar refractivity (Wildman–Crippen MR) is 79.7 cm³/mol. The van der Waals surface area contributed by atoms with Crippen molar-refractivity contribution in [3.63, 3.8) is 0 Å². The molecule has 1 aliphatic heterocycles. The summed E-state index contributed by atoms with van der Waals surface area (Å²) in [7, 11) is 0. The van der Waals surface area contributed by atoms with Gasteiger partial charge in [0.25, 0.3) is 0 Å². The number of nitrogens with zero attached hydrogens (tertiary/aromatic N) is 1. The Morgan fingerprint density at radius 1 is 1.37 bits per heavy atom. The van der Waals surface area contributed by atoms with Crippen molar-refractivity contribution in [2.24, 2.45) is 5.92 Å². The average molecular weight is 283 g/mol. The molecule has 0 saturated carbocycles. The quantitative estimate of drug-likeness (QED) is 0.872. The number of phenols is 1. The number of piperidine rings is 1. The van der Waals surface area contributed by atoms with E-state index in [-0.39, 0.29) is 5.75 Å². The van der Waals surface area contributed by atoms with E-state index in [4.69, 9.17) is 11.6 Å². The van der Waals surface area contributed by atoms with Gasteiger partial charge < -0.3 is 10.4 Å². The number of aromatic hydroxyl groups is 1. The van der Waals surface area contributed by atoms with Crippen LogP contribution in [0, 0.1) is 5.92 Å². The summed E-state index contributed by atoms with van der Waals surface area (Å²) in [4.78, 5) is 2.46. The standard InChI is InChI=1S/C15H23ClN2O/c1-2-18(10-12-5-7-17-8-6-12)11-13-3-4-15(19)14(16)9-13/h3-4,9,12,17,19H,2,5-8,10-11H2,1H3. The maximum atomic E-state index is 9.44. The highest BCUT2D eigenvalue weighted by molar-refractivity contribution is 6.32. The van der Waals surface area contributed by atoms with Crippen molar-refractivity contribution in [1.29, 1.82) is 0 Å². The van der Waals surface area contributed by atoms with Gasteiger partial charge in [0.15, 0.2) is 0 Å². The maximum Gasteiger partial charge on any atom is 0.134 e. The first-order valence-electron chi connectivity index (χ1n) is 7.09. The number of halogens is 1. The van der Waals surface area contributed by atoms with E-state index in [0.717, 1.165) is 38.6 Å². The molecule has 0 radical (unpaired) electrons. The number of rotatable bonds is 5. The van der Waals surface area contributed by atoms with Gasteiger partial charge in [-0.25, -0.2) is 0 Å². The van der Waals surface area contributed by atoms with Gasteiger partial charge in [-0.3, -0.25) is 4.90 Å². The lowest BCUT2D eigenvalue weighted by molar-refractivity contribution is 0.207. The molecule has 0 aromatic heterocycles. The van der Waals surface area contributed by atoms with Gasteiger partial charge >= 0.3 is 0 Å². The fraction of sp³-hybridized carbons (Fsp3) is 0.600. The molecule has 1 fully saturated rings. The van der Waals surface area contributed by atoms with Gasteiger partial charge in [-0.05, 0) is 56.1 Å². The van der Waals surface area contributed by atoms with Crippen molar-refractivity contribution in [2.45, 2.75) is 26.3 Å². The van der Waals surface area contributed by atoms with Crippen LogP contribution in [0.5, 0.6) is 5.75 Å². The molecular formula is C15H23ClN2O. The Hall–Kier alpha value is -0.770. The molecule has 0 spiro atoms. The largest absolute Gasteiger partial charge is 0.506 e. The summed E-state index contributed by atoms with van der Waals surface area (Å²) in [6.45, 7) is 7.59. The Labute approximate surface area is 120 Å². The molecule has 106 valence electrons. The molecule has 0 amide bonds. The van der Waals surface area contributed by atoms with Crippen molar-refractivity contribution in [3.05, 3.63) is 28.8 Å². The van der Waals surface area contributed by atoms with Crippen LogP contribution in [0.25, 0.3) is 0 Å². The van der Waals surface area contributed by atoms with E-state index in [1.165, 1.54) is 18.4 Å². The van der Waals surface area contributed by atoms with Crippen LogP contribution < -0.4 is 5.32 Å². The molecule has 19 heavy (non-hydrogen) atoms. The summed E-state index contributed by atoms with van der Waals surface area (Å²) >= 11 is 5.96. The van der Waals surface area contributed by atoms with E-state index in [2.05, 4.69) is 17.1 Å². The fourth-order valence-corrected chi connectivity index (χ4v) is 2.84. The monoisotopic (exact) mass is 282 g/mol. The second kappa shape index (κ2) is 7.13. The van der Waals surface area contributed by atoms with Crippen molar-refractivity contribution >= 4 is 11.6 Å². The first-order chi connectivity index (χ1) is 9.19. The minimum absolute atomic E-state index is 0.159. The predicted octanol–water partition coefficient (Wildman–Crippen LogP) is 2.87. The number of benzene rings is 1. The second-order valence-corrected chi connectivity index (χ2v) is 5.71. The molecular weight excluding hydrogens is 260 g/mol. The van der Waals surface area contributed by atoms with Crippen molar-refractivity contribution in [1.82, 2.24) is 10.2 Å². The number of hydrogen-bond donors (Lipinski definition) is 2. The number of phenolic OH excluding ortho intramolecular Hbond substituents is 1. The Balaban J connectivity index is 1.92. The van der Waals surface area contributed by atoms with Gasteiger partial charge in [-0.15, -0.1) is 0 Å².